The van der Waals surface area contributed by atoms with Gasteiger partial charge in [-0.3, -0.25) is 4.79 Å². The minimum Gasteiger partial charge on any atom is -0.303 e. The van der Waals surface area contributed by atoms with Crippen LogP contribution in [0.4, 0.5) is 8.78 Å². The number of alkyl halides is 2. The molecule has 0 fully saturated rings. The lowest BCUT2D eigenvalue weighted by molar-refractivity contribution is -0.133. The zero-order chi connectivity index (χ0) is 6.62. The maximum atomic E-state index is 11.6. The van der Waals surface area contributed by atoms with Crippen LogP contribution in [0.15, 0.2) is 0 Å². The Morgan fingerprint density at radius 2 is 1.88 bits per heavy atom. The van der Waals surface area contributed by atoms with Crippen LogP contribution < -0.4 is 0 Å². The molecule has 0 aliphatic heterocycles. The van der Waals surface area contributed by atoms with Gasteiger partial charge in [-0.15, -0.1) is 0 Å². The molecular formula is C4H4F2O2. The molecule has 8 heavy (non-hydrogen) atoms. The molecule has 46 valence electrons. The molecular weight excluding hydrogens is 118 g/mol. The van der Waals surface area contributed by atoms with E-state index in [1.54, 1.807) is 0 Å². The summed E-state index contributed by atoms with van der Waals surface area (Å²) in [5.74, 6) is -3.46. The molecule has 0 spiro atoms. The number of hydrogen-bond acceptors (Lipinski definition) is 2. The lowest BCUT2D eigenvalue weighted by Gasteiger charge is -1.99. The third-order valence-corrected chi connectivity index (χ3v) is 0.528. The van der Waals surface area contributed by atoms with Crippen LogP contribution in [0.25, 0.3) is 0 Å². The van der Waals surface area contributed by atoms with E-state index in [-0.39, 0.29) is 6.29 Å². The fraction of sp³-hybridized carbons (Fsp3) is 0.500. The molecule has 0 amide bonds. The molecule has 0 aromatic rings. The first-order valence-electron chi connectivity index (χ1n) is 1.90. The van der Waals surface area contributed by atoms with E-state index in [0.717, 1.165) is 0 Å². The fourth-order valence-corrected chi connectivity index (χ4v) is 0.159. The highest BCUT2D eigenvalue weighted by Crippen LogP contribution is 2.11. The second-order valence-electron chi connectivity index (χ2n) is 1.25. The van der Waals surface area contributed by atoms with Crippen molar-refractivity contribution < 1.29 is 18.4 Å². The molecule has 0 aromatic carbocycles. The van der Waals surface area contributed by atoms with Crippen molar-refractivity contribution in [1.29, 1.82) is 0 Å². The summed E-state index contributed by atoms with van der Waals surface area (Å²) in [5, 5.41) is 0. The third kappa shape index (κ3) is 2.39. The van der Waals surface area contributed by atoms with Gasteiger partial charge in [0.2, 0.25) is 0 Å². The van der Waals surface area contributed by atoms with Crippen LogP contribution in [0, 0.1) is 0 Å². The highest BCUT2D eigenvalue weighted by atomic mass is 19.3. The molecule has 0 radical (unpaired) electrons. The first kappa shape index (κ1) is 7.20. The van der Waals surface area contributed by atoms with Crippen LogP contribution in [0.1, 0.15) is 6.42 Å². The summed E-state index contributed by atoms with van der Waals surface area (Å²) >= 11 is 0. The molecule has 2 nitrogen and oxygen atoms in total. The quantitative estimate of drug-likeness (QED) is 0.508. The van der Waals surface area contributed by atoms with Crippen LogP contribution in [0.5, 0.6) is 0 Å². The van der Waals surface area contributed by atoms with Gasteiger partial charge in [-0.1, -0.05) is 0 Å². The van der Waals surface area contributed by atoms with Crippen molar-refractivity contribution in [2.75, 3.05) is 0 Å². The van der Waals surface area contributed by atoms with Gasteiger partial charge in [0.15, 0.2) is 6.29 Å². The Balaban J connectivity index is 3.70. The lowest BCUT2D eigenvalue weighted by atomic mass is 10.3. The van der Waals surface area contributed by atoms with Crippen LogP contribution in [-0.2, 0) is 9.59 Å². The zero-order valence-electron chi connectivity index (χ0n) is 3.93. The number of hydrogen-bond donors (Lipinski definition) is 0. The number of aldehydes is 2. The first-order chi connectivity index (χ1) is 3.62. The average molecular weight is 122 g/mol. The van der Waals surface area contributed by atoms with Crippen molar-refractivity contribution in [2.24, 2.45) is 0 Å². The van der Waals surface area contributed by atoms with Crippen molar-refractivity contribution >= 4 is 12.6 Å². The topological polar surface area (TPSA) is 34.1 Å². The van der Waals surface area contributed by atoms with Gasteiger partial charge >= 0.3 is 5.92 Å². The second kappa shape index (κ2) is 2.49. The number of rotatable bonds is 3. The van der Waals surface area contributed by atoms with Crippen molar-refractivity contribution in [1.82, 2.24) is 0 Å². The standard InChI is InChI=1S/C4H4F2O2/c5-4(6,3-8)1-2-7/h2-3H,1H2. The maximum Gasteiger partial charge on any atom is 0.308 e. The van der Waals surface area contributed by atoms with E-state index in [0.29, 0.717) is 0 Å². The first-order valence-corrected chi connectivity index (χ1v) is 1.90. The molecule has 0 aliphatic carbocycles. The Morgan fingerprint density at radius 3 is 2.00 bits per heavy atom. The molecule has 0 N–H and O–H groups in total. The van der Waals surface area contributed by atoms with Crippen molar-refractivity contribution in [3.63, 3.8) is 0 Å². The predicted molar refractivity (Wildman–Crippen MR) is 21.7 cm³/mol. The smallest absolute Gasteiger partial charge is 0.303 e. The largest absolute Gasteiger partial charge is 0.308 e. The molecule has 0 heterocycles. The number of halogens is 2. The third-order valence-electron chi connectivity index (χ3n) is 0.528. The Bertz CT molecular complexity index is 100. The summed E-state index contributed by atoms with van der Waals surface area (Å²) in [7, 11) is 0. The van der Waals surface area contributed by atoms with E-state index in [4.69, 9.17) is 0 Å². The summed E-state index contributed by atoms with van der Waals surface area (Å²) < 4.78 is 23.1. The van der Waals surface area contributed by atoms with E-state index in [1.165, 1.54) is 0 Å². The number of carbonyl (C=O) groups is 2. The van der Waals surface area contributed by atoms with Gasteiger partial charge in [-0.25, -0.2) is 0 Å². The molecule has 0 aliphatic rings. The molecule has 0 bridgehead atoms. The van der Waals surface area contributed by atoms with Crippen molar-refractivity contribution in [3.8, 4) is 0 Å². The Labute approximate surface area is 44.5 Å². The van der Waals surface area contributed by atoms with E-state index in [1.807, 2.05) is 0 Å². The molecule has 0 saturated carbocycles. The van der Waals surface area contributed by atoms with Gasteiger partial charge in [0.05, 0.1) is 6.42 Å². The van der Waals surface area contributed by atoms with Gasteiger partial charge in [-0.05, 0) is 0 Å². The monoisotopic (exact) mass is 122 g/mol. The van der Waals surface area contributed by atoms with Crippen LogP contribution in [0.2, 0.25) is 0 Å². The summed E-state index contributed by atoms with van der Waals surface area (Å²) in [4.78, 5) is 18.6. The highest BCUT2D eigenvalue weighted by Gasteiger charge is 2.26. The van der Waals surface area contributed by atoms with Crippen LogP contribution >= 0.6 is 0 Å². The van der Waals surface area contributed by atoms with Crippen LogP contribution in [0.3, 0.4) is 0 Å². The summed E-state index contributed by atoms with van der Waals surface area (Å²) in [6.07, 6.45) is -1.55. The van der Waals surface area contributed by atoms with Crippen LogP contribution in [-0.4, -0.2) is 18.5 Å². The summed E-state index contributed by atoms with van der Waals surface area (Å²) in [6.45, 7) is 0. The summed E-state index contributed by atoms with van der Waals surface area (Å²) in [5.41, 5.74) is 0. The highest BCUT2D eigenvalue weighted by molar-refractivity contribution is 5.66. The van der Waals surface area contributed by atoms with E-state index in [9.17, 15) is 18.4 Å². The fourth-order valence-electron chi connectivity index (χ4n) is 0.159. The molecule has 0 saturated heterocycles. The Morgan fingerprint density at radius 1 is 1.38 bits per heavy atom. The minimum atomic E-state index is -3.46. The normalized spacial score (nSPS) is 10.8. The second-order valence-corrected chi connectivity index (χ2v) is 1.25. The summed E-state index contributed by atoms with van der Waals surface area (Å²) in [6, 6.07) is 0. The van der Waals surface area contributed by atoms with Gasteiger partial charge < -0.3 is 4.79 Å². The Hall–Kier alpha value is -0.800. The molecule has 4 heteroatoms. The average Bonchev–Trinajstić information content (AvgIpc) is 1.67. The van der Waals surface area contributed by atoms with Crippen molar-refractivity contribution in [2.45, 2.75) is 12.3 Å². The van der Waals surface area contributed by atoms with E-state index < -0.39 is 18.6 Å². The van der Waals surface area contributed by atoms with Gasteiger partial charge in [-0.2, -0.15) is 8.78 Å². The molecule has 0 rings (SSSR count). The maximum absolute atomic E-state index is 11.6. The van der Waals surface area contributed by atoms with Gasteiger partial charge in [0.25, 0.3) is 0 Å². The SMILES string of the molecule is O=CCC(F)(F)C=O. The van der Waals surface area contributed by atoms with Crippen molar-refractivity contribution in [3.05, 3.63) is 0 Å². The zero-order valence-corrected chi connectivity index (χ0v) is 3.93. The van der Waals surface area contributed by atoms with Gasteiger partial charge in [0.1, 0.15) is 6.29 Å². The van der Waals surface area contributed by atoms with Gasteiger partial charge in [0, 0.05) is 0 Å². The molecule has 0 atom stereocenters. The lowest BCUT2D eigenvalue weighted by Crippen LogP contribution is -2.17. The van der Waals surface area contributed by atoms with E-state index >= 15 is 0 Å². The Kier molecular flexibility index (Phi) is 2.24. The molecule has 0 aromatic heterocycles. The van der Waals surface area contributed by atoms with E-state index in [2.05, 4.69) is 0 Å². The predicted octanol–water partition coefficient (Wildman–Crippen LogP) is 0.410. The minimum absolute atomic E-state index is 0.00833. The molecule has 0 unspecified atom stereocenters. The number of carbonyl (C=O) groups excluding carboxylic acids is 2.